The van der Waals surface area contributed by atoms with Gasteiger partial charge in [-0.15, -0.1) is 0 Å². The third-order valence-electron chi connectivity index (χ3n) is 3.96. The molecule has 0 aliphatic carbocycles. The lowest BCUT2D eigenvalue weighted by Gasteiger charge is -2.21. The molecule has 7 heteroatoms. The van der Waals surface area contributed by atoms with Gasteiger partial charge in [-0.3, -0.25) is 0 Å². The van der Waals surface area contributed by atoms with Gasteiger partial charge in [0, 0.05) is 33.2 Å². The van der Waals surface area contributed by atoms with Gasteiger partial charge in [0.1, 0.15) is 0 Å². The van der Waals surface area contributed by atoms with Crippen molar-refractivity contribution >= 4 is 17.8 Å². The van der Waals surface area contributed by atoms with Crippen LogP contribution in [0.4, 0.5) is 17.8 Å². The highest BCUT2D eigenvalue weighted by Crippen LogP contribution is 2.26. The van der Waals surface area contributed by atoms with Gasteiger partial charge in [-0.2, -0.15) is 15.0 Å². The fourth-order valence-electron chi connectivity index (χ4n) is 2.78. The highest BCUT2D eigenvalue weighted by atomic mass is 16.3. The standard InChI is InChI=1S/C13H22N6O/c1-13(20)5-8-19(9-13)12-16-10(14-2)15-11(17-12)18-6-3-4-7-18/h20H,3-9H2,1-2H3,(H,14,15,16,17). The molecule has 0 spiro atoms. The van der Waals surface area contributed by atoms with Crippen LogP contribution in [-0.4, -0.2) is 58.9 Å². The fraction of sp³-hybridized carbons (Fsp3) is 0.769. The van der Waals surface area contributed by atoms with Crippen molar-refractivity contribution in [3.8, 4) is 0 Å². The molecule has 0 radical (unpaired) electrons. The third-order valence-corrected chi connectivity index (χ3v) is 3.96. The molecule has 1 atom stereocenters. The van der Waals surface area contributed by atoms with Gasteiger partial charge in [-0.25, -0.2) is 0 Å². The summed E-state index contributed by atoms with van der Waals surface area (Å²) in [6.07, 6.45) is 3.12. The van der Waals surface area contributed by atoms with Crippen LogP contribution in [0.1, 0.15) is 26.2 Å². The Morgan fingerprint density at radius 2 is 1.70 bits per heavy atom. The Balaban J connectivity index is 1.88. The summed E-state index contributed by atoms with van der Waals surface area (Å²) in [6.45, 7) is 5.21. The Bertz CT molecular complexity index is 486. The first-order valence-corrected chi connectivity index (χ1v) is 7.23. The zero-order chi connectivity index (χ0) is 14.2. The van der Waals surface area contributed by atoms with Gasteiger partial charge < -0.3 is 20.2 Å². The molecule has 0 aromatic carbocycles. The van der Waals surface area contributed by atoms with Gasteiger partial charge in [0.2, 0.25) is 17.8 Å². The molecule has 3 heterocycles. The van der Waals surface area contributed by atoms with Crippen LogP contribution in [0.25, 0.3) is 0 Å². The summed E-state index contributed by atoms with van der Waals surface area (Å²) < 4.78 is 0. The van der Waals surface area contributed by atoms with Crippen molar-refractivity contribution in [1.82, 2.24) is 15.0 Å². The number of rotatable bonds is 3. The molecule has 0 bridgehead atoms. The van der Waals surface area contributed by atoms with Crippen LogP contribution in [0.5, 0.6) is 0 Å². The van der Waals surface area contributed by atoms with Crippen LogP contribution < -0.4 is 15.1 Å². The Kier molecular flexibility index (Phi) is 3.37. The molecule has 2 aliphatic rings. The number of aliphatic hydroxyl groups is 1. The first-order valence-electron chi connectivity index (χ1n) is 7.23. The van der Waals surface area contributed by atoms with Gasteiger partial charge in [-0.05, 0) is 26.2 Å². The summed E-state index contributed by atoms with van der Waals surface area (Å²) in [6, 6.07) is 0. The third kappa shape index (κ3) is 2.63. The van der Waals surface area contributed by atoms with E-state index in [2.05, 4.69) is 25.2 Å². The maximum absolute atomic E-state index is 10.1. The maximum Gasteiger partial charge on any atom is 0.232 e. The molecule has 1 unspecified atom stereocenters. The van der Waals surface area contributed by atoms with E-state index in [1.165, 1.54) is 12.8 Å². The average Bonchev–Trinajstić information content (AvgIpc) is 3.07. The topological polar surface area (TPSA) is 77.4 Å². The van der Waals surface area contributed by atoms with Crippen LogP contribution in [0, 0.1) is 0 Å². The maximum atomic E-state index is 10.1. The molecule has 7 nitrogen and oxygen atoms in total. The zero-order valence-corrected chi connectivity index (χ0v) is 12.1. The summed E-state index contributed by atoms with van der Waals surface area (Å²) in [7, 11) is 1.81. The van der Waals surface area contributed by atoms with Gasteiger partial charge in [-0.1, -0.05) is 0 Å². The van der Waals surface area contributed by atoms with Gasteiger partial charge in [0.15, 0.2) is 0 Å². The number of anilines is 3. The lowest BCUT2D eigenvalue weighted by molar-refractivity contribution is 0.0838. The van der Waals surface area contributed by atoms with Crippen LogP contribution in [0.3, 0.4) is 0 Å². The van der Waals surface area contributed by atoms with E-state index >= 15 is 0 Å². The highest BCUT2D eigenvalue weighted by Gasteiger charge is 2.33. The van der Waals surface area contributed by atoms with E-state index in [0.29, 0.717) is 18.4 Å². The first-order chi connectivity index (χ1) is 9.57. The van der Waals surface area contributed by atoms with E-state index in [1.807, 2.05) is 18.9 Å². The molecule has 1 aromatic rings. The van der Waals surface area contributed by atoms with Gasteiger partial charge >= 0.3 is 0 Å². The molecule has 20 heavy (non-hydrogen) atoms. The average molecular weight is 278 g/mol. The SMILES string of the molecule is CNc1nc(N2CCCC2)nc(N2CCC(C)(O)C2)n1. The first kappa shape index (κ1) is 13.4. The quantitative estimate of drug-likeness (QED) is 0.832. The summed E-state index contributed by atoms with van der Waals surface area (Å²) in [5, 5.41) is 13.1. The molecule has 2 aliphatic heterocycles. The summed E-state index contributed by atoms with van der Waals surface area (Å²) in [4.78, 5) is 17.7. The lowest BCUT2D eigenvalue weighted by atomic mass is 10.1. The minimum absolute atomic E-state index is 0.569. The van der Waals surface area contributed by atoms with Crippen LogP contribution in [0.2, 0.25) is 0 Å². The van der Waals surface area contributed by atoms with Crippen LogP contribution in [-0.2, 0) is 0 Å². The summed E-state index contributed by atoms with van der Waals surface area (Å²) in [5.74, 6) is 1.98. The number of β-amino-alcohol motifs (C(OH)–C–C–N with tert-alkyl or cyclic N) is 1. The molecular weight excluding hydrogens is 256 g/mol. The molecule has 3 rings (SSSR count). The molecule has 2 saturated heterocycles. The van der Waals surface area contributed by atoms with Crippen molar-refractivity contribution in [2.45, 2.75) is 31.8 Å². The molecule has 0 saturated carbocycles. The number of hydrogen-bond donors (Lipinski definition) is 2. The summed E-state index contributed by atoms with van der Waals surface area (Å²) >= 11 is 0. The van der Waals surface area contributed by atoms with E-state index in [0.717, 1.165) is 32.0 Å². The molecular formula is C13H22N6O. The minimum Gasteiger partial charge on any atom is -0.388 e. The summed E-state index contributed by atoms with van der Waals surface area (Å²) in [5.41, 5.74) is -0.653. The molecule has 110 valence electrons. The highest BCUT2D eigenvalue weighted by molar-refractivity contribution is 5.46. The second-order valence-electron chi connectivity index (χ2n) is 5.87. The van der Waals surface area contributed by atoms with Crippen LogP contribution in [0.15, 0.2) is 0 Å². The molecule has 2 fully saturated rings. The monoisotopic (exact) mass is 278 g/mol. The Morgan fingerprint density at radius 1 is 1.05 bits per heavy atom. The van der Waals surface area contributed by atoms with Gasteiger partial charge in [0.05, 0.1) is 5.60 Å². The lowest BCUT2D eigenvalue weighted by Crippen LogP contribution is -2.31. The number of hydrogen-bond acceptors (Lipinski definition) is 7. The van der Waals surface area contributed by atoms with E-state index in [-0.39, 0.29) is 0 Å². The molecule has 1 aromatic heterocycles. The van der Waals surface area contributed by atoms with E-state index < -0.39 is 5.60 Å². The van der Waals surface area contributed by atoms with Crippen molar-refractivity contribution in [2.75, 3.05) is 48.3 Å². The normalized spacial score (nSPS) is 26.4. The van der Waals surface area contributed by atoms with E-state index in [9.17, 15) is 5.11 Å². The fourth-order valence-corrected chi connectivity index (χ4v) is 2.78. The predicted molar refractivity (Wildman–Crippen MR) is 78.3 cm³/mol. The number of nitrogens with one attached hydrogen (secondary N) is 1. The minimum atomic E-state index is -0.653. The van der Waals surface area contributed by atoms with Crippen LogP contribution >= 0.6 is 0 Å². The van der Waals surface area contributed by atoms with Crippen molar-refractivity contribution in [2.24, 2.45) is 0 Å². The van der Waals surface area contributed by atoms with E-state index in [4.69, 9.17) is 0 Å². The van der Waals surface area contributed by atoms with Gasteiger partial charge in [0.25, 0.3) is 0 Å². The predicted octanol–water partition coefficient (Wildman–Crippen LogP) is 0.475. The zero-order valence-electron chi connectivity index (χ0n) is 12.1. The van der Waals surface area contributed by atoms with Crippen molar-refractivity contribution < 1.29 is 5.11 Å². The number of nitrogens with zero attached hydrogens (tertiary/aromatic N) is 5. The Hall–Kier alpha value is -1.63. The second kappa shape index (κ2) is 5.05. The van der Waals surface area contributed by atoms with E-state index in [1.54, 1.807) is 0 Å². The molecule has 2 N–H and O–H groups in total. The Morgan fingerprint density at radius 3 is 2.25 bits per heavy atom. The largest absolute Gasteiger partial charge is 0.388 e. The second-order valence-corrected chi connectivity index (χ2v) is 5.87. The molecule has 0 amide bonds. The smallest absolute Gasteiger partial charge is 0.232 e. The van der Waals surface area contributed by atoms with Crippen molar-refractivity contribution in [1.29, 1.82) is 0 Å². The number of aromatic nitrogens is 3. The Labute approximate surface area is 119 Å². The van der Waals surface area contributed by atoms with Crippen molar-refractivity contribution in [3.63, 3.8) is 0 Å². The van der Waals surface area contributed by atoms with Crippen molar-refractivity contribution in [3.05, 3.63) is 0 Å².